The Labute approximate surface area is 134 Å². The van der Waals surface area contributed by atoms with E-state index >= 15 is 0 Å². The summed E-state index contributed by atoms with van der Waals surface area (Å²) in [5.41, 5.74) is 0.818. The first kappa shape index (κ1) is 17.8. The van der Waals surface area contributed by atoms with Crippen molar-refractivity contribution in [2.45, 2.75) is 37.9 Å². The number of nitrogens with one attached hydrogen (secondary N) is 2. The van der Waals surface area contributed by atoms with Crippen molar-refractivity contribution >= 4 is 23.2 Å². The average molecular weight is 354 g/mol. The first-order valence-corrected chi connectivity index (χ1v) is 7.35. The van der Waals surface area contributed by atoms with Crippen LogP contribution in [0.15, 0.2) is 12.1 Å². The van der Waals surface area contributed by atoms with Crippen molar-refractivity contribution < 1.29 is 22.4 Å². The molecule has 1 aromatic carbocycles. The molecule has 2 N–H and O–H groups in total. The molecule has 9 heteroatoms. The zero-order valence-corrected chi connectivity index (χ0v) is 12.6. The Balaban J connectivity index is 2.01. The molecule has 0 aliphatic heterocycles. The minimum atomic E-state index is -4.22. The summed E-state index contributed by atoms with van der Waals surface area (Å²) in [6, 6.07) is 1.39. The summed E-state index contributed by atoms with van der Waals surface area (Å²) < 4.78 is 51.1. The molecule has 2 rings (SSSR count). The molecule has 0 saturated heterocycles. The molecule has 1 aliphatic rings. The molecule has 1 fully saturated rings. The van der Waals surface area contributed by atoms with Gasteiger partial charge < -0.3 is 16.0 Å². The third-order valence-electron chi connectivity index (χ3n) is 3.94. The molecule has 0 heterocycles. The Morgan fingerprint density at radius 2 is 1.83 bits per heavy atom. The Kier molecular flexibility index (Phi) is 5.36. The van der Waals surface area contributed by atoms with Gasteiger partial charge in [-0.05, 0) is 37.8 Å². The van der Waals surface area contributed by atoms with Gasteiger partial charge in [0.15, 0.2) is 0 Å². The van der Waals surface area contributed by atoms with Gasteiger partial charge >= 0.3 is 6.18 Å². The third-order valence-corrected chi connectivity index (χ3v) is 4.25. The van der Waals surface area contributed by atoms with Crippen molar-refractivity contribution in [3.05, 3.63) is 33.7 Å². The van der Waals surface area contributed by atoms with Gasteiger partial charge in [-0.2, -0.15) is 13.2 Å². The minimum absolute atomic E-state index is 0.0566. The van der Waals surface area contributed by atoms with Crippen LogP contribution in [0.1, 0.15) is 36.0 Å². The highest BCUT2D eigenvalue weighted by molar-refractivity contribution is 6.34. The van der Waals surface area contributed by atoms with E-state index in [4.69, 9.17) is 11.6 Å². The molecule has 4 nitrogen and oxygen atoms in total. The molecule has 128 valence electrons. The first-order chi connectivity index (χ1) is 10.7. The van der Waals surface area contributed by atoms with Crippen molar-refractivity contribution in [2.24, 2.45) is 5.92 Å². The fourth-order valence-corrected chi connectivity index (χ4v) is 2.87. The molecular formula is C14H14ClF4N2O2-. The number of hydrogen-bond donors (Lipinski definition) is 2. The molecule has 0 spiro atoms. The lowest BCUT2D eigenvalue weighted by molar-refractivity contribution is -0.182. The summed E-state index contributed by atoms with van der Waals surface area (Å²) in [5, 5.41) is 13.0. The minimum Gasteiger partial charge on any atom is -0.761 e. The van der Waals surface area contributed by atoms with E-state index < -0.39 is 35.5 Å². The second kappa shape index (κ2) is 6.92. The van der Waals surface area contributed by atoms with Crippen LogP contribution in [0.3, 0.4) is 0 Å². The Bertz CT molecular complexity index is 587. The molecule has 1 saturated carbocycles. The van der Waals surface area contributed by atoms with Crippen LogP contribution >= 0.6 is 11.6 Å². The highest BCUT2D eigenvalue weighted by atomic mass is 35.5. The second-order valence-electron chi connectivity index (χ2n) is 5.48. The van der Waals surface area contributed by atoms with Gasteiger partial charge in [-0.25, -0.2) is 4.39 Å². The lowest BCUT2D eigenvalue weighted by Crippen LogP contribution is -2.40. The zero-order chi connectivity index (χ0) is 17.2. The smallest absolute Gasteiger partial charge is 0.391 e. The third kappa shape index (κ3) is 4.26. The predicted octanol–water partition coefficient (Wildman–Crippen LogP) is 4.24. The number of halogens is 5. The van der Waals surface area contributed by atoms with E-state index in [1.54, 1.807) is 0 Å². The molecule has 1 amide bonds. The lowest BCUT2D eigenvalue weighted by Gasteiger charge is -2.30. The van der Waals surface area contributed by atoms with Gasteiger partial charge in [0.25, 0.3) is 5.91 Å². The second-order valence-corrected chi connectivity index (χ2v) is 5.88. The van der Waals surface area contributed by atoms with E-state index in [-0.39, 0.29) is 36.3 Å². The van der Waals surface area contributed by atoms with Gasteiger partial charge in [0, 0.05) is 6.04 Å². The topological polar surface area (TPSA) is 64.2 Å². The Hall–Kier alpha value is -1.54. The summed E-state index contributed by atoms with van der Waals surface area (Å²) in [6.45, 7) is 0. The van der Waals surface area contributed by atoms with Crippen LogP contribution in [0.2, 0.25) is 5.02 Å². The van der Waals surface area contributed by atoms with Crippen molar-refractivity contribution in [3.8, 4) is 0 Å². The molecule has 23 heavy (non-hydrogen) atoms. The van der Waals surface area contributed by atoms with Gasteiger partial charge in [0.2, 0.25) is 0 Å². The molecule has 1 aliphatic carbocycles. The van der Waals surface area contributed by atoms with Crippen LogP contribution in [0, 0.1) is 16.9 Å². The van der Waals surface area contributed by atoms with E-state index in [0.717, 1.165) is 12.1 Å². The summed E-state index contributed by atoms with van der Waals surface area (Å²) in [6.07, 6.45) is -3.94. The first-order valence-electron chi connectivity index (χ1n) is 6.97. The number of carbonyl (C=O) groups is 1. The lowest BCUT2D eigenvalue weighted by atomic mass is 9.85. The molecule has 0 radical (unpaired) electrons. The fraction of sp³-hybridized carbons (Fsp3) is 0.500. The van der Waals surface area contributed by atoms with Gasteiger partial charge in [-0.3, -0.25) is 4.79 Å². The van der Waals surface area contributed by atoms with Gasteiger partial charge in [0.05, 0.1) is 22.2 Å². The molecule has 1 aromatic rings. The Morgan fingerprint density at radius 3 is 2.35 bits per heavy atom. The number of anilines is 1. The largest absolute Gasteiger partial charge is 0.761 e. The van der Waals surface area contributed by atoms with E-state index in [2.05, 4.69) is 5.32 Å². The van der Waals surface area contributed by atoms with E-state index in [9.17, 15) is 27.6 Å². The summed E-state index contributed by atoms with van der Waals surface area (Å²) in [7, 11) is 0. The molecular weight excluding hydrogens is 340 g/mol. The zero-order valence-electron chi connectivity index (χ0n) is 11.8. The van der Waals surface area contributed by atoms with Crippen molar-refractivity contribution in [2.75, 3.05) is 5.48 Å². The van der Waals surface area contributed by atoms with Crippen molar-refractivity contribution in [3.63, 3.8) is 0 Å². The van der Waals surface area contributed by atoms with Crippen LogP contribution in [0.25, 0.3) is 0 Å². The average Bonchev–Trinajstić information content (AvgIpc) is 2.47. The molecule has 0 atom stereocenters. The van der Waals surface area contributed by atoms with Crippen LogP contribution in [0.4, 0.5) is 23.2 Å². The highest BCUT2D eigenvalue weighted by Gasteiger charge is 2.41. The number of alkyl halides is 3. The van der Waals surface area contributed by atoms with Crippen molar-refractivity contribution in [1.82, 2.24) is 5.32 Å². The van der Waals surface area contributed by atoms with Crippen LogP contribution in [-0.4, -0.2) is 18.1 Å². The number of hydrogen-bond acceptors (Lipinski definition) is 3. The number of amides is 1. The van der Waals surface area contributed by atoms with E-state index in [1.807, 2.05) is 0 Å². The quantitative estimate of drug-likeness (QED) is 0.631. The van der Waals surface area contributed by atoms with Crippen LogP contribution in [0.5, 0.6) is 0 Å². The van der Waals surface area contributed by atoms with Crippen LogP contribution in [-0.2, 0) is 0 Å². The normalized spacial score (nSPS) is 21.8. The maximum atomic E-state index is 13.3. The van der Waals surface area contributed by atoms with Gasteiger partial charge in [-0.15, -0.1) is 0 Å². The molecule has 0 aromatic heterocycles. The maximum absolute atomic E-state index is 13.3. The van der Waals surface area contributed by atoms with E-state index in [1.165, 1.54) is 5.48 Å². The standard InChI is InChI=1S/C14H14ClF4N2O2/c15-10-6-11(16)12(21-23)5-9(10)13(22)20-8-3-1-7(2-4-8)14(17,18)19/h5-8,21H,1-4H2,(H,20,22)/q-1. The predicted molar refractivity (Wildman–Crippen MR) is 77.7 cm³/mol. The highest BCUT2D eigenvalue weighted by Crippen LogP contribution is 2.37. The monoisotopic (exact) mass is 353 g/mol. The summed E-state index contributed by atoms with van der Waals surface area (Å²) in [5.74, 6) is -2.89. The van der Waals surface area contributed by atoms with E-state index in [0.29, 0.717) is 0 Å². The number of benzene rings is 1. The maximum Gasteiger partial charge on any atom is 0.391 e. The number of rotatable bonds is 3. The van der Waals surface area contributed by atoms with Crippen LogP contribution < -0.4 is 10.8 Å². The molecule has 0 bridgehead atoms. The van der Waals surface area contributed by atoms with Gasteiger partial charge in [0.1, 0.15) is 5.82 Å². The molecule has 0 unspecified atom stereocenters. The fourth-order valence-electron chi connectivity index (χ4n) is 2.63. The Morgan fingerprint density at radius 1 is 1.22 bits per heavy atom. The van der Waals surface area contributed by atoms with Gasteiger partial charge in [-0.1, -0.05) is 11.6 Å². The summed E-state index contributed by atoms with van der Waals surface area (Å²) >= 11 is 5.77. The van der Waals surface area contributed by atoms with Crippen molar-refractivity contribution in [1.29, 1.82) is 0 Å². The number of carbonyl (C=O) groups excluding carboxylic acids is 1. The summed E-state index contributed by atoms with van der Waals surface area (Å²) in [4.78, 5) is 12.1. The SMILES string of the molecule is O=C(NC1CCC(C(F)(F)F)CC1)c1cc(N[O-])c(F)cc1Cl.